The summed E-state index contributed by atoms with van der Waals surface area (Å²) < 4.78 is 22.4. The number of carbonyl (C=O) groups is 4. The Morgan fingerprint density at radius 3 is 1.09 bits per heavy atom. The highest BCUT2D eigenvalue weighted by Crippen LogP contribution is 2.25. The predicted octanol–water partition coefficient (Wildman–Crippen LogP) is 3.85. The average molecular weight is 595 g/mol. The van der Waals surface area contributed by atoms with Gasteiger partial charge in [-0.2, -0.15) is 0 Å². The molecule has 0 saturated carbocycles. The van der Waals surface area contributed by atoms with Crippen molar-refractivity contribution in [1.29, 1.82) is 0 Å². The molecule has 0 radical (unpaired) electrons. The van der Waals surface area contributed by atoms with Gasteiger partial charge in [0, 0.05) is 49.3 Å². The third kappa shape index (κ3) is 7.21. The standard InChI is InChI=1S/C36H34O8/c1-19(2)33-17-29(41-21(5)37)15-27-13-25(9-11-31(27)35(33)43-23(7)39)26-10-12-32-28(14-26)16-30(42-22(6)38)18-34(20(3)4)36(32)44-24(8)40/h9-18H,1-8H3. The molecule has 0 saturated heterocycles. The van der Waals surface area contributed by atoms with Crippen LogP contribution in [-0.2, 0) is 38.1 Å². The number of hydrogen-bond acceptors (Lipinski definition) is 8. The van der Waals surface area contributed by atoms with Crippen molar-refractivity contribution in [3.8, 4) is 11.1 Å². The van der Waals surface area contributed by atoms with Gasteiger partial charge in [0.1, 0.15) is 23.0 Å². The van der Waals surface area contributed by atoms with E-state index < -0.39 is 23.9 Å². The third-order valence-electron chi connectivity index (χ3n) is 6.68. The van der Waals surface area contributed by atoms with E-state index in [1.54, 1.807) is 24.3 Å². The number of allylic oxidation sites excluding steroid dienone is 4. The number of carbonyl (C=O) groups excluding carboxylic acids is 4. The molecule has 0 heterocycles. The summed E-state index contributed by atoms with van der Waals surface area (Å²) >= 11 is 0. The van der Waals surface area contributed by atoms with Crippen LogP contribution in [0.3, 0.4) is 0 Å². The highest BCUT2D eigenvalue weighted by Gasteiger charge is 2.19. The Balaban J connectivity index is 2.04. The molecule has 4 rings (SSSR count). The van der Waals surface area contributed by atoms with Gasteiger partial charge in [0.05, 0.1) is 0 Å². The van der Waals surface area contributed by atoms with Crippen LogP contribution >= 0.6 is 0 Å². The Morgan fingerprint density at radius 1 is 0.455 bits per heavy atom. The van der Waals surface area contributed by atoms with Gasteiger partial charge < -0.3 is 18.9 Å². The lowest BCUT2D eigenvalue weighted by Crippen LogP contribution is -2.30. The van der Waals surface area contributed by atoms with Crippen LogP contribution in [0.5, 0.6) is 0 Å². The summed E-state index contributed by atoms with van der Waals surface area (Å²) in [6.07, 6.45) is 6.82. The normalized spacial score (nSPS) is 13.8. The summed E-state index contributed by atoms with van der Waals surface area (Å²) in [5, 5.41) is 2.64. The molecule has 0 N–H and O–H groups in total. The maximum absolute atomic E-state index is 12.1. The van der Waals surface area contributed by atoms with Crippen molar-refractivity contribution in [2.75, 3.05) is 0 Å². The molecule has 0 aromatic heterocycles. The molecule has 2 aromatic rings. The van der Waals surface area contributed by atoms with E-state index in [1.165, 1.54) is 27.7 Å². The molecule has 0 amide bonds. The fourth-order valence-corrected chi connectivity index (χ4v) is 4.93. The molecule has 2 aliphatic carbocycles. The zero-order chi connectivity index (χ0) is 32.3. The molecular formula is C36H34O8. The Hall–Kier alpha value is -5.24. The van der Waals surface area contributed by atoms with Crippen molar-refractivity contribution in [3.05, 3.63) is 103 Å². The monoisotopic (exact) mass is 594 g/mol. The summed E-state index contributed by atoms with van der Waals surface area (Å²) in [5.41, 5.74) is 4.61. The molecule has 0 atom stereocenters. The largest absolute Gasteiger partial charge is 0.427 e. The first-order valence-electron chi connectivity index (χ1n) is 14.0. The van der Waals surface area contributed by atoms with E-state index in [-0.39, 0.29) is 0 Å². The van der Waals surface area contributed by atoms with Crippen molar-refractivity contribution in [2.24, 2.45) is 0 Å². The molecule has 8 nitrogen and oxygen atoms in total. The van der Waals surface area contributed by atoms with Crippen LogP contribution in [0.15, 0.2) is 82.4 Å². The van der Waals surface area contributed by atoms with Crippen LogP contribution in [0.1, 0.15) is 55.4 Å². The van der Waals surface area contributed by atoms with Crippen LogP contribution in [0.25, 0.3) is 34.8 Å². The third-order valence-corrected chi connectivity index (χ3v) is 6.68. The van der Waals surface area contributed by atoms with E-state index in [2.05, 4.69) is 0 Å². The Morgan fingerprint density at radius 2 is 0.795 bits per heavy atom. The number of hydrogen-bond donors (Lipinski definition) is 0. The quantitative estimate of drug-likeness (QED) is 0.380. The second-order valence-electron chi connectivity index (χ2n) is 10.8. The fraction of sp³-hybridized carbons (Fsp3) is 0.222. The lowest BCUT2D eigenvalue weighted by molar-refractivity contribution is -0.137. The van der Waals surface area contributed by atoms with Gasteiger partial charge >= 0.3 is 23.9 Å². The van der Waals surface area contributed by atoms with E-state index in [1.807, 2.05) is 64.1 Å². The van der Waals surface area contributed by atoms with Gasteiger partial charge in [-0.25, -0.2) is 0 Å². The van der Waals surface area contributed by atoms with Crippen molar-refractivity contribution in [3.63, 3.8) is 0 Å². The smallest absolute Gasteiger partial charge is 0.308 e. The molecule has 0 aliphatic heterocycles. The Bertz CT molecular complexity index is 1840. The zero-order valence-corrected chi connectivity index (χ0v) is 26.0. The maximum Gasteiger partial charge on any atom is 0.308 e. The lowest BCUT2D eigenvalue weighted by atomic mass is 10.00. The minimum Gasteiger partial charge on any atom is -0.427 e. The first kappa shape index (κ1) is 31.7. The molecule has 2 aliphatic rings. The van der Waals surface area contributed by atoms with Crippen molar-refractivity contribution in [2.45, 2.75) is 55.4 Å². The van der Waals surface area contributed by atoms with Gasteiger partial charge in [0.25, 0.3) is 0 Å². The van der Waals surface area contributed by atoms with Crippen molar-refractivity contribution < 1.29 is 38.1 Å². The summed E-state index contributed by atoms with van der Waals surface area (Å²) in [7, 11) is 0. The Labute approximate surface area is 255 Å². The van der Waals surface area contributed by atoms with Crippen LogP contribution in [0.2, 0.25) is 0 Å². The highest BCUT2D eigenvalue weighted by molar-refractivity contribution is 5.82. The highest BCUT2D eigenvalue weighted by atomic mass is 16.5. The van der Waals surface area contributed by atoms with Gasteiger partial charge in [0.15, 0.2) is 0 Å². The maximum atomic E-state index is 12.1. The molecule has 0 spiro atoms. The molecule has 0 unspecified atom stereocenters. The van der Waals surface area contributed by atoms with Gasteiger partial charge in [0.2, 0.25) is 0 Å². The zero-order valence-electron chi connectivity index (χ0n) is 26.0. The van der Waals surface area contributed by atoms with E-state index in [9.17, 15) is 19.2 Å². The second-order valence-corrected chi connectivity index (χ2v) is 10.8. The van der Waals surface area contributed by atoms with E-state index >= 15 is 0 Å². The van der Waals surface area contributed by atoms with Gasteiger partial charge in [-0.15, -0.1) is 0 Å². The molecule has 2 aromatic carbocycles. The molecule has 8 heteroatoms. The minimum absolute atomic E-state index is 0.301. The summed E-state index contributed by atoms with van der Waals surface area (Å²) in [6.45, 7) is 12.8. The van der Waals surface area contributed by atoms with E-state index in [0.717, 1.165) is 22.3 Å². The van der Waals surface area contributed by atoms with Gasteiger partial charge in [-0.1, -0.05) is 23.3 Å². The van der Waals surface area contributed by atoms with Crippen LogP contribution in [0, 0.1) is 0 Å². The number of esters is 4. The van der Waals surface area contributed by atoms with E-state index in [4.69, 9.17) is 18.9 Å². The molecular weight excluding hydrogens is 560 g/mol. The summed E-state index contributed by atoms with van der Waals surface area (Å²) in [6, 6.07) is 11.3. The molecule has 226 valence electrons. The van der Waals surface area contributed by atoms with Gasteiger partial charge in [-0.05, 0) is 97.8 Å². The fourth-order valence-electron chi connectivity index (χ4n) is 4.93. The number of fused-ring (bicyclic) bond motifs is 2. The van der Waals surface area contributed by atoms with Crippen LogP contribution < -0.4 is 20.9 Å². The van der Waals surface area contributed by atoms with Gasteiger partial charge in [-0.3, -0.25) is 19.2 Å². The number of rotatable bonds is 5. The average Bonchev–Trinajstić information content (AvgIpc) is 3.14. The topological polar surface area (TPSA) is 105 Å². The molecule has 0 bridgehead atoms. The first-order valence-corrected chi connectivity index (χ1v) is 14.0. The SMILES string of the molecule is CC(=O)OC1=CC(=C(C)C)C(OC(C)=O)=c2ccc(-c3ccc4c(c3)=CC(OC(C)=O)=CC(=C(C)C)C=4OC(C)=O)cc2=C1. The molecule has 0 fully saturated rings. The predicted molar refractivity (Wildman–Crippen MR) is 166 cm³/mol. The van der Waals surface area contributed by atoms with E-state index in [0.29, 0.717) is 55.1 Å². The lowest BCUT2D eigenvalue weighted by Gasteiger charge is -2.12. The first-order chi connectivity index (χ1) is 20.7. The number of ether oxygens (including phenoxy) is 4. The summed E-state index contributed by atoms with van der Waals surface area (Å²) in [5.74, 6) is -0.604. The minimum atomic E-state index is -0.484. The second kappa shape index (κ2) is 13.0. The Kier molecular flexibility index (Phi) is 9.33. The van der Waals surface area contributed by atoms with Crippen LogP contribution in [-0.4, -0.2) is 23.9 Å². The summed E-state index contributed by atoms with van der Waals surface area (Å²) in [4.78, 5) is 48.0. The molecule has 44 heavy (non-hydrogen) atoms. The van der Waals surface area contributed by atoms with Crippen molar-refractivity contribution >= 4 is 47.5 Å². The van der Waals surface area contributed by atoms with Crippen LogP contribution in [0.4, 0.5) is 0 Å². The number of benzene rings is 2. The van der Waals surface area contributed by atoms with Crippen molar-refractivity contribution in [1.82, 2.24) is 0 Å².